The largest absolute Gasteiger partial charge is 0.380 e. The average molecular weight is 335 g/mol. The van der Waals surface area contributed by atoms with Crippen molar-refractivity contribution in [2.24, 2.45) is 5.92 Å². The zero-order valence-electron chi connectivity index (χ0n) is 12.7. The van der Waals surface area contributed by atoms with Crippen molar-refractivity contribution in [2.75, 3.05) is 13.2 Å². The van der Waals surface area contributed by atoms with E-state index in [4.69, 9.17) is 4.74 Å². The number of nitrogens with one attached hydrogen (secondary N) is 1. The third kappa shape index (κ3) is 2.66. The molecule has 1 amide bonds. The fourth-order valence-electron chi connectivity index (χ4n) is 3.02. The first-order chi connectivity index (χ1) is 11.6. The van der Waals surface area contributed by atoms with E-state index < -0.39 is 12.3 Å². The number of carbonyl (C=O) groups is 1. The number of ether oxygens (including phenoxy) is 1. The molecule has 6 nitrogen and oxygen atoms in total. The smallest absolute Gasteiger partial charge is 0.315 e. The van der Waals surface area contributed by atoms with Gasteiger partial charge in [-0.15, -0.1) is 0 Å². The number of rotatable bonds is 4. The Morgan fingerprint density at radius 3 is 2.83 bits per heavy atom. The molecular weight excluding hydrogens is 320 g/mol. The molecule has 126 valence electrons. The van der Waals surface area contributed by atoms with Crippen LogP contribution in [0.3, 0.4) is 0 Å². The van der Waals surface area contributed by atoms with E-state index in [1.807, 2.05) is 12.1 Å². The number of carbonyl (C=O) groups excluding carboxylic acids is 1. The minimum atomic E-state index is -2.78. The highest BCUT2D eigenvalue weighted by atomic mass is 19.3. The van der Waals surface area contributed by atoms with Gasteiger partial charge in [0, 0.05) is 5.56 Å². The lowest BCUT2D eigenvalue weighted by Crippen LogP contribution is -2.43. The summed E-state index contributed by atoms with van der Waals surface area (Å²) in [6.45, 7) is 0.962. The first-order valence-corrected chi connectivity index (χ1v) is 7.75. The summed E-state index contributed by atoms with van der Waals surface area (Å²) in [5.41, 5.74) is 2.74. The van der Waals surface area contributed by atoms with Gasteiger partial charge in [-0.05, 0) is 30.0 Å². The molecule has 0 radical (unpaired) electrons. The van der Waals surface area contributed by atoms with Crippen LogP contribution in [0.2, 0.25) is 0 Å². The van der Waals surface area contributed by atoms with E-state index in [-0.39, 0.29) is 23.7 Å². The van der Waals surface area contributed by atoms with Gasteiger partial charge in [-0.25, -0.2) is 0 Å². The Kier molecular flexibility index (Phi) is 3.76. The van der Waals surface area contributed by atoms with Crippen molar-refractivity contribution < 1.29 is 22.8 Å². The molecule has 0 spiro atoms. The summed E-state index contributed by atoms with van der Waals surface area (Å²) in [5.74, 6) is -0.575. The number of aromatic nitrogens is 2. The van der Waals surface area contributed by atoms with Crippen LogP contribution in [0.4, 0.5) is 8.78 Å². The van der Waals surface area contributed by atoms with Crippen LogP contribution in [0.25, 0.3) is 11.4 Å². The maximum absolute atomic E-state index is 12.5. The van der Waals surface area contributed by atoms with Gasteiger partial charge in [0.15, 0.2) is 0 Å². The fraction of sp³-hybridized carbons (Fsp3) is 0.438. The minimum Gasteiger partial charge on any atom is -0.380 e. The molecule has 1 aliphatic heterocycles. The molecule has 1 fully saturated rings. The van der Waals surface area contributed by atoms with Crippen LogP contribution in [0.1, 0.15) is 35.9 Å². The molecule has 24 heavy (non-hydrogen) atoms. The van der Waals surface area contributed by atoms with Gasteiger partial charge in [-0.3, -0.25) is 4.79 Å². The standard InChI is InChI=1S/C16H15F2N3O3/c17-13(18)16-20-14(21-24-16)9-1-3-11-8(5-9)2-4-12(11)19-15(22)10-6-23-7-10/h1,3,5,10,12-13H,2,4,6-7H2,(H,19,22). The predicted molar refractivity (Wildman–Crippen MR) is 78.2 cm³/mol. The van der Waals surface area contributed by atoms with Crippen LogP contribution in [0.15, 0.2) is 22.7 Å². The number of halogens is 2. The van der Waals surface area contributed by atoms with Gasteiger partial charge in [-0.2, -0.15) is 13.8 Å². The topological polar surface area (TPSA) is 77.3 Å². The molecule has 0 saturated carbocycles. The van der Waals surface area contributed by atoms with Crippen LogP contribution in [-0.4, -0.2) is 29.3 Å². The normalized spacial score (nSPS) is 20.0. The summed E-state index contributed by atoms with van der Waals surface area (Å²) in [6.07, 6.45) is -1.17. The first-order valence-electron chi connectivity index (χ1n) is 7.75. The van der Waals surface area contributed by atoms with Crippen LogP contribution >= 0.6 is 0 Å². The molecule has 2 aliphatic rings. The second-order valence-electron chi connectivity index (χ2n) is 6.00. The van der Waals surface area contributed by atoms with E-state index in [9.17, 15) is 13.6 Å². The molecular formula is C16H15F2N3O3. The molecule has 0 bridgehead atoms. The zero-order chi connectivity index (χ0) is 16.7. The summed E-state index contributed by atoms with van der Waals surface area (Å²) in [4.78, 5) is 15.8. The number of hydrogen-bond donors (Lipinski definition) is 1. The maximum atomic E-state index is 12.5. The summed E-state index contributed by atoms with van der Waals surface area (Å²) in [5, 5.41) is 6.64. The molecule has 2 aromatic rings. The van der Waals surface area contributed by atoms with Crippen LogP contribution in [0.5, 0.6) is 0 Å². The first kappa shape index (κ1) is 15.2. The Morgan fingerprint density at radius 2 is 2.17 bits per heavy atom. The highest BCUT2D eigenvalue weighted by Crippen LogP contribution is 2.34. The lowest BCUT2D eigenvalue weighted by Gasteiger charge is -2.26. The molecule has 1 atom stereocenters. The lowest BCUT2D eigenvalue weighted by molar-refractivity contribution is -0.139. The van der Waals surface area contributed by atoms with Crippen molar-refractivity contribution in [1.29, 1.82) is 0 Å². The van der Waals surface area contributed by atoms with Crippen LogP contribution < -0.4 is 5.32 Å². The molecule has 1 N–H and O–H groups in total. The quantitative estimate of drug-likeness (QED) is 0.928. The Morgan fingerprint density at radius 1 is 1.33 bits per heavy atom. The number of alkyl halides is 2. The number of nitrogens with zero attached hydrogens (tertiary/aromatic N) is 2. The average Bonchev–Trinajstić information content (AvgIpc) is 3.12. The number of amides is 1. The SMILES string of the molecule is O=C(NC1CCc2cc(-c3noc(C(F)F)n3)ccc21)C1COC1. The van der Waals surface area contributed by atoms with E-state index >= 15 is 0 Å². The van der Waals surface area contributed by atoms with Crippen LogP contribution in [0, 0.1) is 5.92 Å². The van der Waals surface area contributed by atoms with E-state index in [1.54, 1.807) is 6.07 Å². The maximum Gasteiger partial charge on any atom is 0.315 e. The van der Waals surface area contributed by atoms with Crippen molar-refractivity contribution in [3.05, 3.63) is 35.2 Å². The van der Waals surface area contributed by atoms with Crippen molar-refractivity contribution in [3.63, 3.8) is 0 Å². The molecule has 2 heterocycles. The van der Waals surface area contributed by atoms with Gasteiger partial charge >= 0.3 is 6.43 Å². The van der Waals surface area contributed by atoms with Gasteiger partial charge in [0.2, 0.25) is 11.7 Å². The van der Waals surface area contributed by atoms with Gasteiger partial charge < -0.3 is 14.6 Å². The summed E-state index contributed by atoms with van der Waals surface area (Å²) >= 11 is 0. The molecule has 8 heteroatoms. The highest BCUT2D eigenvalue weighted by molar-refractivity contribution is 5.80. The monoisotopic (exact) mass is 335 g/mol. The van der Waals surface area contributed by atoms with Crippen molar-refractivity contribution >= 4 is 5.91 Å². The van der Waals surface area contributed by atoms with Crippen molar-refractivity contribution in [1.82, 2.24) is 15.5 Å². The fourth-order valence-corrected chi connectivity index (χ4v) is 3.02. The number of aryl methyl sites for hydroxylation is 1. The number of fused-ring (bicyclic) bond motifs is 1. The van der Waals surface area contributed by atoms with E-state index in [0.29, 0.717) is 18.8 Å². The van der Waals surface area contributed by atoms with Gasteiger partial charge in [0.05, 0.1) is 25.2 Å². The van der Waals surface area contributed by atoms with E-state index in [1.165, 1.54) is 0 Å². The number of hydrogen-bond acceptors (Lipinski definition) is 5. The molecule has 1 aliphatic carbocycles. The molecule has 4 rings (SSSR count). The second kappa shape index (κ2) is 5.94. The molecule has 1 aromatic carbocycles. The van der Waals surface area contributed by atoms with Gasteiger partial charge in [-0.1, -0.05) is 17.3 Å². The minimum absolute atomic E-state index is 0.0166. The zero-order valence-corrected chi connectivity index (χ0v) is 12.7. The molecule has 1 saturated heterocycles. The van der Waals surface area contributed by atoms with Crippen molar-refractivity contribution in [2.45, 2.75) is 25.3 Å². The third-order valence-corrected chi connectivity index (χ3v) is 4.43. The lowest BCUT2D eigenvalue weighted by atomic mass is 10.0. The Bertz CT molecular complexity index is 774. The predicted octanol–water partition coefficient (Wildman–Crippen LogP) is 2.42. The second-order valence-corrected chi connectivity index (χ2v) is 6.00. The third-order valence-electron chi connectivity index (χ3n) is 4.43. The summed E-state index contributed by atoms with van der Waals surface area (Å²) < 4.78 is 34.7. The van der Waals surface area contributed by atoms with Gasteiger partial charge in [0.25, 0.3) is 5.89 Å². The summed E-state index contributed by atoms with van der Waals surface area (Å²) in [6, 6.07) is 5.49. The van der Waals surface area contributed by atoms with Gasteiger partial charge in [0.1, 0.15) is 0 Å². The molecule has 1 aromatic heterocycles. The Balaban J connectivity index is 1.52. The molecule has 1 unspecified atom stereocenters. The summed E-state index contributed by atoms with van der Waals surface area (Å²) in [7, 11) is 0. The van der Waals surface area contributed by atoms with E-state index in [0.717, 1.165) is 24.0 Å². The Labute approximate surface area is 136 Å². The Hall–Kier alpha value is -2.35. The highest BCUT2D eigenvalue weighted by Gasteiger charge is 2.31. The van der Waals surface area contributed by atoms with Crippen molar-refractivity contribution in [3.8, 4) is 11.4 Å². The van der Waals surface area contributed by atoms with Crippen LogP contribution in [-0.2, 0) is 16.0 Å². The van der Waals surface area contributed by atoms with E-state index in [2.05, 4.69) is 20.0 Å². The number of benzene rings is 1.